The number of rotatable bonds is 4. The summed E-state index contributed by atoms with van der Waals surface area (Å²) in [6.07, 6.45) is 6.92. The van der Waals surface area contributed by atoms with Gasteiger partial charge in [-0.3, -0.25) is 0 Å². The van der Waals surface area contributed by atoms with Gasteiger partial charge in [0.15, 0.2) is 0 Å². The molecule has 0 spiro atoms. The van der Waals surface area contributed by atoms with E-state index in [4.69, 9.17) is 16.6 Å². The summed E-state index contributed by atoms with van der Waals surface area (Å²) in [5.41, 5.74) is 1.02. The fraction of sp³-hybridized carbons (Fsp3) is 0.364. The second-order valence-corrected chi connectivity index (χ2v) is 2.98. The first-order valence-corrected chi connectivity index (χ1v) is 4.66. The summed E-state index contributed by atoms with van der Waals surface area (Å²) in [6.45, 7) is 4.03. The van der Waals surface area contributed by atoms with Crippen molar-refractivity contribution >= 4 is 5.71 Å². The molecule has 0 saturated carbocycles. The van der Waals surface area contributed by atoms with Crippen LogP contribution in [0.3, 0.4) is 0 Å². The van der Waals surface area contributed by atoms with Gasteiger partial charge in [0.1, 0.15) is 0 Å². The van der Waals surface area contributed by atoms with Crippen LogP contribution in [0.25, 0.3) is 0 Å². The van der Waals surface area contributed by atoms with E-state index in [0.29, 0.717) is 24.0 Å². The SMILES string of the molecule is C#CC(C(C)=N)c1ccnc(OCC)n1. The first-order valence-electron chi connectivity index (χ1n) is 4.66. The molecule has 1 unspecified atom stereocenters. The number of terminal acetylenes is 1. The summed E-state index contributed by atoms with van der Waals surface area (Å²) in [6, 6.07) is 2.00. The Morgan fingerprint density at radius 1 is 1.73 bits per heavy atom. The van der Waals surface area contributed by atoms with E-state index in [2.05, 4.69) is 15.9 Å². The number of nitrogens with zero attached hydrogens (tertiary/aromatic N) is 2. The lowest BCUT2D eigenvalue weighted by molar-refractivity contribution is 0.311. The zero-order chi connectivity index (χ0) is 11.3. The van der Waals surface area contributed by atoms with Gasteiger partial charge in [0.2, 0.25) is 0 Å². The smallest absolute Gasteiger partial charge is 0.316 e. The van der Waals surface area contributed by atoms with Crippen molar-refractivity contribution in [1.82, 2.24) is 9.97 Å². The van der Waals surface area contributed by atoms with Gasteiger partial charge in [-0.1, -0.05) is 5.92 Å². The molecule has 1 N–H and O–H groups in total. The summed E-state index contributed by atoms with van der Waals surface area (Å²) in [7, 11) is 0. The lowest BCUT2D eigenvalue weighted by Gasteiger charge is -2.09. The van der Waals surface area contributed by atoms with Crippen molar-refractivity contribution < 1.29 is 4.74 Å². The number of hydrogen-bond acceptors (Lipinski definition) is 4. The molecule has 0 amide bonds. The van der Waals surface area contributed by atoms with Gasteiger partial charge in [-0.2, -0.15) is 4.98 Å². The van der Waals surface area contributed by atoms with Crippen LogP contribution in [0.5, 0.6) is 6.01 Å². The second-order valence-electron chi connectivity index (χ2n) is 2.98. The highest BCUT2D eigenvalue weighted by molar-refractivity contribution is 5.88. The number of hydrogen-bond donors (Lipinski definition) is 1. The first kappa shape index (κ1) is 11.2. The minimum atomic E-state index is -0.396. The second kappa shape index (κ2) is 5.11. The third-order valence-electron chi connectivity index (χ3n) is 1.82. The molecular weight excluding hydrogens is 190 g/mol. The minimum absolute atomic E-state index is 0.302. The third-order valence-corrected chi connectivity index (χ3v) is 1.82. The zero-order valence-electron chi connectivity index (χ0n) is 8.82. The molecule has 4 heteroatoms. The molecule has 0 saturated heterocycles. The summed E-state index contributed by atoms with van der Waals surface area (Å²) in [4.78, 5) is 8.07. The Bertz CT molecular complexity index is 395. The molecule has 0 aliphatic carbocycles. The highest BCUT2D eigenvalue weighted by Crippen LogP contribution is 2.15. The van der Waals surface area contributed by atoms with Crippen molar-refractivity contribution in [2.75, 3.05) is 6.61 Å². The Morgan fingerprint density at radius 2 is 2.47 bits per heavy atom. The summed E-state index contributed by atoms with van der Waals surface area (Å²) in [5, 5.41) is 7.52. The van der Waals surface area contributed by atoms with Crippen molar-refractivity contribution in [1.29, 1.82) is 5.41 Å². The molecule has 0 aliphatic heterocycles. The molecule has 78 valence electrons. The predicted molar refractivity (Wildman–Crippen MR) is 58.2 cm³/mol. The van der Waals surface area contributed by atoms with Gasteiger partial charge in [-0.05, 0) is 19.9 Å². The van der Waals surface area contributed by atoms with Crippen molar-refractivity contribution in [3.63, 3.8) is 0 Å². The summed E-state index contributed by atoms with van der Waals surface area (Å²) < 4.78 is 5.16. The van der Waals surface area contributed by atoms with E-state index in [9.17, 15) is 0 Å². The van der Waals surface area contributed by atoms with E-state index in [0.717, 1.165) is 0 Å². The minimum Gasteiger partial charge on any atom is -0.464 e. The maximum atomic E-state index is 7.52. The Kier molecular flexibility index (Phi) is 3.81. The summed E-state index contributed by atoms with van der Waals surface area (Å²) >= 11 is 0. The van der Waals surface area contributed by atoms with E-state index < -0.39 is 5.92 Å². The van der Waals surface area contributed by atoms with E-state index in [1.807, 2.05) is 6.92 Å². The van der Waals surface area contributed by atoms with Crippen LogP contribution in [0.1, 0.15) is 25.5 Å². The Hall–Kier alpha value is -1.89. The molecule has 1 aromatic rings. The molecule has 1 heterocycles. The molecule has 0 aliphatic rings. The molecule has 4 nitrogen and oxygen atoms in total. The molecule has 0 fully saturated rings. The highest BCUT2D eigenvalue weighted by atomic mass is 16.5. The monoisotopic (exact) mass is 203 g/mol. The molecule has 0 aromatic carbocycles. The van der Waals surface area contributed by atoms with Crippen LogP contribution in [0, 0.1) is 17.8 Å². The average molecular weight is 203 g/mol. The third kappa shape index (κ3) is 2.78. The fourth-order valence-electron chi connectivity index (χ4n) is 1.15. The maximum absolute atomic E-state index is 7.52. The molecular formula is C11H13N3O. The molecule has 15 heavy (non-hydrogen) atoms. The Labute approximate surface area is 89.2 Å². The van der Waals surface area contributed by atoms with Crippen LogP contribution in [-0.4, -0.2) is 22.3 Å². The fourth-order valence-corrected chi connectivity index (χ4v) is 1.15. The largest absolute Gasteiger partial charge is 0.464 e. The van der Waals surface area contributed by atoms with Crippen molar-refractivity contribution in [3.8, 4) is 18.4 Å². The first-order chi connectivity index (χ1) is 7.19. The number of ether oxygens (including phenoxy) is 1. The van der Waals surface area contributed by atoms with Gasteiger partial charge in [0, 0.05) is 11.9 Å². The maximum Gasteiger partial charge on any atom is 0.316 e. The molecule has 1 atom stereocenters. The van der Waals surface area contributed by atoms with Crippen LogP contribution < -0.4 is 4.74 Å². The van der Waals surface area contributed by atoms with Crippen molar-refractivity contribution in [2.24, 2.45) is 0 Å². The Morgan fingerprint density at radius 3 is 3.00 bits per heavy atom. The molecule has 1 aromatic heterocycles. The molecule has 0 radical (unpaired) electrons. The van der Waals surface area contributed by atoms with Gasteiger partial charge in [0.25, 0.3) is 0 Å². The highest BCUT2D eigenvalue weighted by Gasteiger charge is 2.13. The van der Waals surface area contributed by atoms with Crippen LogP contribution in [-0.2, 0) is 0 Å². The molecule has 0 bridgehead atoms. The van der Waals surface area contributed by atoms with E-state index in [-0.39, 0.29) is 0 Å². The predicted octanol–water partition coefficient (Wildman–Crippen LogP) is 1.63. The summed E-state index contributed by atoms with van der Waals surface area (Å²) in [5.74, 6) is 2.12. The van der Waals surface area contributed by atoms with E-state index >= 15 is 0 Å². The van der Waals surface area contributed by atoms with Crippen LogP contribution in [0.15, 0.2) is 12.3 Å². The van der Waals surface area contributed by atoms with Crippen LogP contribution in [0.2, 0.25) is 0 Å². The number of nitrogens with one attached hydrogen (secondary N) is 1. The van der Waals surface area contributed by atoms with E-state index in [1.165, 1.54) is 0 Å². The van der Waals surface area contributed by atoms with Gasteiger partial charge in [0.05, 0.1) is 18.2 Å². The zero-order valence-corrected chi connectivity index (χ0v) is 8.82. The van der Waals surface area contributed by atoms with E-state index in [1.54, 1.807) is 19.2 Å². The lowest BCUT2D eigenvalue weighted by atomic mass is 10.0. The Balaban J connectivity index is 2.99. The van der Waals surface area contributed by atoms with Gasteiger partial charge in [-0.15, -0.1) is 6.42 Å². The average Bonchev–Trinajstić information content (AvgIpc) is 2.19. The normalized spacial score (nSPS) is 11.5. The quantitative estimate of drug-likeness (QED) is 0.597. The van der Waals surface area contributed by atoms with Crippen molar-refractivity contribution in [2.45, 2.75) is 19.8 Å². The number of aromatic nitrogens is 2. The van der Waals surface area contributed by atoms with Crippen LogP contribution >= 0.6 is 0 Å². The van der Waals surface area contributed by atoms with Gasteiger partial charge in [-0.25, -0.2) is 4.98 Å². The van der Waals surface area contributed by atoms with Crippen LogP contribution in [0.4, 0.5) is 0 Å². The van der Waals surface area contributed by atoms with Crippen molar-refractivity contribution in [3.05, 3.63) is 18.0 Å². The molecule has 1 rings (SSSR count). The van der Waals surface area contributed by atoms with Gasteiger partial charge >= 0.3 is 6.01 Å². The standard InChI is InChI=1S/C11H13N3O/c1-4-9(8(3)12)10-6-7-13-11(14-10)15-5-2/h1,6-7,9,12H,5H2,2-3H3. The topological polar surface area (TPSA) is 58.9 Å². The lowest BCUT2D eigenvalue weighted by Crippen LogP contribution is -2.09. The van der Waals surface area contributed by atoms with Gasteiger partial charge < -0.3 is 10.1 Å².